The molecule has 4 heterocycles. The molecule has 3 aromatic carbocycles. The van der Waals surface area contributed by atoms with Crippen LogP contribution in [0.4, 0.5) is 17.1 Å². The van der Waals surface area contributed by atoms with E-state index in [2.05, 4.69) is 55.8 Å². The van der Waals surface area contributed by atoms with Crippen molar-refractivity contribution in [2.75, 3.05) is 62.7 Å². The number of aromatic nitrogens is 2. The van der Waals surface area contributed by atoms with Gasteiger partial charge in [-0.25, -0.2) is 18.1 Å². The number of hydrogen-bond donors (Lipinski definition) is 3. The van der Waals surface area contributed by atoms with Crippen molar-refractivity contribution in [1.82, 2.24) is 19.6 Å². The van der Waals surface area contributed by atoms with E-state index in [0.29, 0.717) is 68.1 Å². The number of carbonyl (C=O) groups is 1. The van der Waals surface area contributed by atoms with E-state index in [1.165, 1.54) is 28.8 Å². The lowest BCUT2D eigenvalue weighted by Gasteiger charge is -2.39. The molecule has 0 atom stereocenters. The molecule has 1 aliphatic carbocycles. The van der Waals surface area contributed by atoms with Gasteiger partial charge in [0.1, 0.15) is 22.8 Å². The predicted octanol–water partition coefficient (Wildman–Crippen LogP) is 8.66. The van der Waals surface area contributed by atoms with Gasteiger partial charge in [-0.2, -0.15) is 0 Å². The number of rotatable bonds is 13. The van der Waals surface area contributed by atoms with Crippen LogP contribution in [0.25, 0.3) is 16.6 Å². The maximum atomic E-state index is 14.1. The molecule has 3 N–H and O–H groups in total. The number of ether oxygens (including phenoxy) is 2. The molecule has 0 unspecified atom stereocenters. The summed E-state index contributed by atoms with van der Waals surface area (Å²) in [6, 6.07) is 20.4. The molecule has 3 aliphatic rings. The van der Waals surface area contributed by atoms with Crippen LogP contribution < -0.4 is 19.7 Å². The number of allylic oxidation sites excluding steroid dienone is 1. The topological polar surface area (TPSA) is 172 Å². The molecule has 2 fully saturated rings. The summed E-state index contributed by atoms with van der Waals surface area (Å²) in [4.78, 5) is 37.1. The highest BCUT2D eigenvalue weighted by Gasteiger charge is 2.31. The first-order valence-corrected chi connectivity index (χ1v) is 22.5. The Morgan fingerprint density at radius 3 is 2.54 bits per heavy atom. The van der Waals surface area contributed by atoms with E-state index in [1.54, 1.807) is 30.6 Å². The first kappa shape index (κ1) is 42.2. The number of nitro benzene ring substituents is 1. The molecule has 320 valence electrons. The van der Waals surface area contributed by atoms with Crippen LogP contribution in [0.5, 0.6) is 11.5 Å². The minimum absolute atomic E-state index is 0.120. The Morgan fingerprint density at radius 1 is 1.02 bits per heavy atom. The fourth-order valence-electron chi connectivity index (χ4n) is 8.44. The number of hydrogen-bond acceptors (Lipinski definition) is 11. The number of carbonyl (C=O) groups excluding carboxylic acids is 1. The maximum absolute atomic E-state index is 14.1. The molecule has 14 nitrogen and oxygen atoms in total. The minimum Gasteiger partial charge on any atom is -0.456 e. The number of H-pyrrole nitrogens is 1. The lowest BCUT2D eigenvalue weighted by atomic mass is 9.72. The number of benzene rings is 3. The van der Waals surface area contributed by atoms with Crippen molar-refractivity contribution in [2.45, 2.75) is 50.8 Å². The molecule has 2 saturated heterocycles. The summed E-state index contributed by atoms with van der Waals surface area (Å²) >= 11 is 6.25. The van der Waals surface area contributed by atoms with Crippen LogP contribution in [0, 0.1) is 21.4 Å². The number of pyridine rings is 1. The van der Waals surface area contributed by atoms with Crippen molar-refractivity contribution in [3.8, 4) is 11.5 Å². The van der Waals surface area contributed by atoms with Crippen molar-refractivity contribution in [1.29, 1.82) is 0 Å². The van der Waals surface area contributed by atoms with Gasteiger partial charge >= 0.3 is 0 Å². The molecule has 0 spiro atoms. The van der Waals surface area contributed by atoms with E-state index in [-0.39, 0.29) is 22.6 Å². The number of halogens is 1. The summed E-state index contributed by atoms with van der Waals surface area (Å²) < 4.78 is 41.3. The van der Waals surface area contributed by atoms with Crippen LogP contribution in [-0.2, 0) is 14.8 Å². The molecule has 2 aliphatic heterocycles. The van der Waals surface area contributed by atoms with Crippen LogP contribution in [0.3, 0.4) is 0 Å². The van der Waals surface area contributed by atoms with Crippen molar-refractivity contribution >= 4 is 61.2 Å². The summed E-state index contributed by atoms with van der Waals surface area (Å²) in [6.07, 6.45) is 8.14. The SMILES string of the molecule is CC1(C)CCC(CN2CCN(c3cc(Oc4cnc5[nH]ccc5c4)ccc3C(=O)NS(=O)(=O)c3ccc(NCC4CCOCC4)c([N+](=O)[O-])c3)CC2)=C(c2ccc(Cl)cc2)C1. The minimum atomic E-state index is -4.53. The van der Waals surface area contributed by atoms with Gasteiger partial charge in [-0.05, 0) is 103 Å². The molecule has 1 amide bonds. The van der Waals surface area contributed by atoms with Gasteiger partial charge in [0, 0.05) is 81.2 Å². The number of aromatic amines is 1. The van der Waals surface area contributed by atoms with Gasteiger partial charge < -0.3 is 24.7 Å². The van der Waals surface area contributed by atoms with Crippen LogP contribution in [0.1, 0.15) is 61.9 Å². The number of fused-ring (bicyclic) bond motifs is 1. The standard InChI is InChI=1S/C45H50ClN7O7S/c1-45(2)15-11-33(39(26-45)31-3-5-34(46)6-4-31)29-51-17-19-52(20-18-51)41-24-35(60-36-23-32-12-16-47-43(32)49-28-36)7-9-38(41)44(54)50-61(57,58)37-8-10-40(42(25-37)53(55)56)48-27-30-13-21-59-22-14-30/h3-10,12,16,23-25,28,30,48H,11,13-15,17-22,26-27,29H2,1-2H3,(H,47,49)(H,50,54). The van der Waals surface area contributed by atoms with E-state index in [9.17, 15) is 23.3 Å². The highest BCUT2D eigenvalue weighted by Crippen LogP contribution is 2.43. The van der Waals surface area contributed by atoms with Crippen LogP contribution in [0.15, 0.2) is 95.7 Å². The highest BCUT2D eigenvalue weighted by atomic mass is 35.5. The normalized spacial score (nSPS) is 17.7. The summed E-state index contributed by atoms with van der Waals surface area (Å²) in [6.45, 7) is 9.75. The summed E-state index contributed by atoms with van der Waals surface area (Å²) in [5.41, 5.74) is 5.33. The second-order valence-electron chi connectivity index (χ2n) is 16.9. The van der Waals surface area contributed by atoms with Gasteiger partial charge in [-0.1, -0.05) is 43.2 Å². The van der Waals surface area contributed by atoms with Crippen LogP contribution >= 0.6 is 11.6 Å². The van der Waals surface area contributed by atoms with E-state index in [1.807, 2.05) is 24.3 Å². The molecular formula is C45H50ClN7O7S. The smallest absolute Gasteiger partial charge is 0.293 e. The monoisotopic (exact) mass is 867 g/mol. The third-order valence-corrected chi connectivity index (χ3v) is 13.5. The zero-order chi connectivity index (χ0) is 42.7. The van der Waals surface area contributed by atoms with E-state index < -0.39 is 31.4 Å². The zero-order valence-electron chi connectivity index (χ0n) is 34.3. The Bertz CT molecular complexity index is 2560. The summed E-state index contributed by atoms with van der Waals surface area (Å²) in [5, 5.41) is 16.8. The molecule has 5 aromatic rings. The van der Waals surface area contributed by atoms with Gasteiger partial charge in [-0.15, -0.1) is 0 Å². The number of sulfonamides is 1. The lowest BCUT2D eigenvalue weighted by Crippen LogP contribution is -2.47. The fraction of sp³-hybridized carbons (Fsp3) is 0.378. The zero-order valence-corrected chi connectivity index (χ0v) is 35.9. The predicted molar refractivity (Wildman–Crippen MR) is 237 cm³/mol. The van der Waals surface area contributed by atoms with Crippen molar-refractivity contribution < 1.29 is 27.6 Å². The number of nitrogens with zero attached hydrogens (tertiary/aromatic N) is 4. The Labute approximate surface area is 360 Å². The van der Waals surface area contributed by atoms with E-state index in [4.69, 9.17) is 21.1 Å². The average molecular weight is 868 g/mol. The number of piperazine rings is 1. The molecule has 2 aromatic heterocycles. The van der Waals surface area contributed by atoms with Crippen LogP contribution in [0.2, 0.25) is 5.02 Å². The number of anilines is 2. The van der Waals surface area contributed by atoms with E-state index in [0.717, 1.165) is 55.7 Å². The Morgan fingerprint density at radius 2 is 1.79 bits per heavy atom. The Kier molecular flexibility index (Phi) is 12.4. The largest absolute Gasteiger partial charge is 0.456 e. The van der Waals surface area contributed by atoms with Crippen LogP contribution in [-0.4, -0.2) is 86.6 Å². The summed E-state index contributed by atoms with van der Waals surface area (Å²) in [7, 11) is -4.53. The second kappa shape index (κ2) is 17.9. The number of amides is 1. The van der Waals surface area contributed by atoms with Gasteiger partial charge in [0.15, 0.2) is 0 Å². The second-order valence-corrected chi connectivity index (χ2v) is 19.0. The van der Waals surface area contributed by atoms with Gasteiger partial charge in [0.25, 0.3) is 21.6 Å². The number of nitro groups is 1. The Hall–Kier alpha value is -5.48. The van der Waals surface area contributed by atoms with Gasteiger partial charge in [0.05, 0.1) is 27.3 Å². The third-order valence-electron chi connectivity index (χ3n) is 12.0. The average Bonchev–Trinajstić information content (AvgIpc) is 3.72. The third kappa shape index (κ3) is 10.0. The molecule has 0 bridgehead atoms. The molecule has 16 heteroatoms. The first-order chi connectivity index (χ1) is 29.3. The quantitative estimate of drug-likeness (QED) is 0.0764. The molecule has 61 heavy (non-hydrogen) atoms. The highest BCUT2D eigenvalue weighted by molar-refractivity contribution is 7.90. The number of nitrogens with one attached hydrogen (secondary N) is 3. The molecule has 8 rings (SSSR count). The van der Waals surface area contributed by atoms with E-state index >= 15 is 0 Å². The molecular weight excluding hydrogens is 818 g/mol. The lowest BCUT2D eigenvalue weighted by molar-refractivity contribution is -0.384. The Balaban J connectivity index is 1.03. The maximum Gasteiger partial charge on any atom is 0.293 e. The van der Waals surface area contributed by atoms with Gasteiger partial charge in [-0.3, -0.25) is 19.8 Å². The van der Waals surface area contributed by atoms with Crippen molar-refractivity contribution in [3.63, 3.8) is 0 Å². The summed E-state index contributed by atoms with van der Waals surface area (Å²) in [5.74, 6) is 0.344. The molecule has 0 saturated carbocycles. The first-order valence-electron chi connectivity index (χ1n) is 20.7. The fourth-order valence-corrected chi connectivity index (χ4v) is 9.55. The van der Waals surface area contributed by atoms with Crippen molar-refractivity contribution in [2.24, 2.45) is 11.3 Å². The van der Waals surface area contributed by atoms with Gasteiger partial charge in [0.2, 0.25) is 0 Å². The van der Waals surface area contributed by atoms with Crippen molar-refractivity contribution in [3.05, 3.63) is 117 Å². The molecule has 0 radical (unpaired) electrons.